The van der Waals surface area contributed by atoms with Crippen LogP contribution >= 0.6 is 0 Å². The predicted octanol–water partition coefficient (Wildman–Crippen LogP) is -0.229. The lowest BCUT2D eigenvalue weighted by molar-refractivity contribution is 0.207. The number of nitrogens with one attached hydrogen (secondary N) is 2. The molecule has 2 amide bonds. The molecule has 2 atom stereocenters. The van der Waals surface area contributed by atoms with Crippen molar-refractivity contribution in [3.63, 3.8) is 0 Å². The van der Waals surface area contributed by atoms with Crippen molar-refractivity contribution in [3.05, 3.63) is 11.5 Å². The Kier molecular flexibility index (Phi) is 5.51. The van der Waals surface area contributed by atoms with E-state index in [1.165, 1.54) is 0 Å². The Labute approximate surface area is 142 Å². The number of hydrogen-bond acceptors (Lipinski definition) is 6. The molecule has 9 nitrogen and oxygen atoms in total. The first-order valence-corrected chi connectivity index (χ1v) is 9.20. The summed E-state index contributed by atoms with van der Waals surface area (Å²) in [6.45, 7) is 4.64. The second-order valence-electron chi connectivity index (χ2n) is 6.36. The lowest BCUT2D eigenvalue weighted by Gasteiger charge is -2.22. The summed E-state index contributed by atoms with van der Waals surface area (Å²) in [5, 5.41) is 6.29. The summed E-state index contributed by atoms with van der Waals surface area (Å²) in [6, 6.07) is -0.582. The van der Waals surface area contributed by atoms with Gasteiger partial charge >= 0.3 is 6.03 Å². The van der Waals surface area contributed by atoms with Gasteiger partial charge in [0.15, 0.2) is 5.76 Å². The van der Waals surface area contributed by atoms with E-state index >= 15 is 0 Å². The third-order valence-corrected chi connectivity index (χ3v) is 5.82. The minimum Gasteiger partial charge on any atom is -0.360 e. The van der Waals surface area contributed by atoms with Crippen molar-refractivity contribution in [2.24, 2.45) is 5.92 Å². The Bertz CT molecular complexity index is 681. The van der Waals surface area contributed by atoms with Gasteiger partial charge in [-0.3, -0.25) is 0 Å². The van der Waals surface area contributed by atoms with Gasteiger partial charge in [0, 0.05) is 38.6 Å². The Balaban J connectivity index is 2.23. The molecule has 2 rings (SSSR count). The molecule has 0 saturated carbocycles. The Morgan fingerprint density at radius 3 is 2.54 bits per heavy atom. The van der Waals surface area contributed by atoms with Crippen LogP contribution in [0.15, 0.2) is 9.42 Å². The first-order chi connectivity index (χ1) is 11.2. The van der Waals surface area contributed by atoms with Gasteiger partial charge in [0.2, 0.25) is 10.0 Å². The number of carbonyl (C=O) groups excluding carboxylic acids is 1. The van der Waals surface area contributed by atoms with E-state index < -0.39 is 10.0 Å². The van der Waals surface area contributed by atoms with Gasteiger partial charge < -0.3 is 19.6 Å². The number of carbonyl (C=O) groups is 1. The smallest absolute Gasteiger partial charge is 0.317 e. The van der Waals surface area contributed by atoms with Crippen LogP contribution in [0.4, 0.5) is 4.79 Å². The molecule has 0 unspecified atom stereocenters. The highest BCUT2D eigenvalue weighted by Gasteiger charge is 2.39. The molecule has 2 N–H and O–H groups in total. The first kappa shape index (κ1) is 18.7. The molecule has 1 saturated heterocycles. The van der Waals surface area contributed by atoms with Crippen molar-refractivity contribution in [1.29, 1.82) is 0 Å². The summed E-state index contributed by atoms with van der Waals surface area (Å²) in [6.07, 6.45) is 0. The average molecular weight is 359 g/mol. The normalized spacial score (nSPS) is 21.5. The highest BCUT2D eigenvalue weighted by atomic mass is 32.2. The largest absolute Gasteiger partial charge is 0.360 e. The zero-order valence-corrected chi connectivity index (χ0v) is 15.5. The van der Waals surface area contributed by atoms with Gasteiger partial charge in [-0.15, -0.1) is 0 Å². The fourth-order valence-electron chi connectivity index (χ4n) is 3.10. The summed E-state index contributed by atoms with van der Waals surface area (Å²) in [5.74, 6) is 0.248. The molecule has 1 aliphatic heterocycles. The molecule has 0 spiro atoms. The van der Waals surface area contributed by atoms with Crippen molar-refractivity contribution in [1.82, 2.24) is 25.0 Å². The fraction of sp³-hybridized carbons (Fsp3) is 0.714. The van der Waals surface area contributed by atoms with Gasteiger partial charge in [0.1, 0.15) is 10.6 Å². The van der Waals surface area contributed by atoms with E-state index in [1.54, 1.807) is 25.8 Å². The van der Waals surface area contributed by atoms with Crippen molar-refractivity contribution < 1.29 is 17.7 Å². The second-order valence-corrected chi connectivity index (χ2v) is 8.01. The highest BCUT2D eigenvalue weighted by Crippen LogP contribution is 2.23. The number of aryl methyl sites for hydroxylation is 2. The Morgan fingerprint density at radius 2 is 2.04 bits per heavy atom. The van der Waals surface area contributed by atoms with Crippen LogP contribution in [0.1, 0.15) is 11.5 Å². The second kappa shape index (κ2) is 7.08. The monoisotopic (exact) mass is 359 g/mol. The number of hydrogen-bond donors (Lipinski definition) is 2. The number of aromatic nitrogens is 1. The lowest BCUT2D eigenvalue weighted by Crippen LogP contribution is -2.44. The van der Waals surface area contributed by atoms with E-state index in [-0.39, 0.29) is 28.6 Å². The maximum atomic E-state index is 12.7. The topological polar surface area (TPSA) is 108 Å². The molecule has 136 valence electrons. The van der Waals surface area contributed by atoms with Gasteiger partial charge in [0.05, 0.1) is 0 Å². The van der Waals surface area contributed by atoms with E-state index in [1.807, 2.05) is 19.0 Å². The minimum absolute atomic E-state index is 0.00690. The van der Waals surface area contributed by atoms with Gasteiger partial charge in [-0.05, 0) is 27.9 Å². The van der Waals surface area contributed by atoms with Crippen LogP contribution in [0.5, 0.6) is 0 Å². The van der Waals surface area contributed by atoms with E-state index in [2.05, 4.69) is 15.2 Å². The number of amides is 2. The average Bonchev–Trinajstić information content (AvgIpc) is 3.01. The van der Waals surface area contributed by atoms with Crippen LogP contribution in [0, 0.1) is 19.8 Å². The van der Waals surface area contributed by atoms with Gasteiger partial charge in [-0.2, -0.15) is 0 Å². The quantitative estimate of drug-likeness (QED) is 0.752. The number of sulfonamides is 1. The van der Waals surface area contributed by atoms with E-state index in [0.717, 1.165) is 0 Å². The molecular weight excluding hydrogens is 334 g/mol. The number of nitrogens with zero attached hydrogens (tertiary/aromatic N) is 3. The van der Waals surface area contributed by atoms with Crippen LogP contribution in [0.3, 0.4) is 0 Å². The standard InChI is InChI=1S/C14H25N5O4S/c1-9-13(10(2)23-16-9)24(21,22)17-12-8-19(14(20)15-3)7-11(12)6-18(4)5/h11-12,17H,6-8H2,1-5H3,(H,15,20)/t11-,12-/m1/s1. The zero-order valence-electron chi connectivity index (χ0n) is 14.7. The van der Waals surface area contributed by atoms with Crippen molar-refractivity contribution in [3.8, 4) is 0 Å². The van der Waals surface area contributed by atoms with Crippen LogP contribution in [0.25, 0.3) is 0 Å². The zero-order chi connectivity index (χ0) is 18.1. The van der Waals surface area contributed by atoms with Crippen LogP contribution < -0.4 is 10.0 Å². The Morgan fingerprint density at radius 1 is 1.38 bits per heavy atom. The van der Waals surface area contributed by atoms with Crippen molar-refractivity contribution in [2.45, 2.75) is 24.8 Å². The Hall–Kier alpha value is -1.65. The molecule has 10 heteroatoms. The van der Waals surface area contributed by atoms with E-state index in [0.29, 0.717) is 25.3 Å². The molecule has 0 aliphatic carbocycles. The summed E-state index contributed by atoms with van der Waals surface area (Å²) in [5.41, 5.74) is 0.324. The summed E-state index contributed by atoms with van der Waals surface area (Å²) in [4.78, 5) is 15.6. The number of likely N-dealkylation sites (tertiary alicyclic amines) is 1. The third-order valence-electron chi connectivity index (χ3n) is 4.08. The molecule has 0 radical (unpaired) electrons. The summed E-state index contributed by atoms with van der Waals surface area (Å²) in [7, 11) is 1.63. The first-order valence-electron chi connectivity index (χ1n) is 7.72. The SMILES string of the molecule is CNC(=O)N1C[C@@H](CN(C)C)[C@H](NS(=O)(=O)c2c(C)noc2C)C1. The minimum atomic E-state index is -3.77. The fourth-order valence-corrected chi connectivity index (χ4v) is 4.72. The molecule has 1 aromatic rings. The molecule has 2 heterocycles. The van der Waals surface area contributed by atoms with Crippen molar-refractivity contribution >= 4 is 16.1 Å². The highest BCUT2D eigenvalue weighted by molar-refractivity contribution is 7.89. The predicted molar refractivity (Wildman–Crippen MR) is 88.2 cm³/mol. The van der Waals surface area contributed by atoms with Gasteiger partial charge in [-0.25, -0.2) is 17.9 Å². The number of rotatable bonds is 5. The summed E-state index contributed by atoms with van der Waals surface area (Å²) < 4.78 is 33.1. The maximum Gasteiger partial charge on any atom is 0.317 e. The summed E-state index contributed by atoms with van der Waals surface area (Å²) >= 11 is 0. The molecule has 0 bridgehead atoms. The lowest BCUT2D eigenvalue weighted by atomic mass is 10.0. The molecule has 1 fully saturated rings. The van der Waals surface area contributed by atoms with E-state index in [4.69, 9.17) is 4.52 Å². The van der Waals surface area contributed by atoms with Crippen LogP contribution in [-0.4, -0.2) is 76.2 Å². The van der Waals surface area contributed by atoms with E-state index in [9.17, 15) is 13.2 Å². The van der Waals surface area contributed by atoms with Crippen LogP contribution in [-0.2, 0) is 10.0 Å². The molecule has 0 aromatic carbocycles. The molecule has 1 aliphatic rings. The molecular formula is C14H25N5O4S. The maximum absolute atomic E-state index is 12.7. The third kappa shape index (κ3) is 3.87. The van der Waals surface area contributed by atoms with Crippen LogP contribution in [0.2, 0.25) is 0 Å². The molecule has 24 heavy (non-hydrogen) atoms. The van der Waals surface area contributed by atoms with Gasteiger partial charge in [0.25, 0.3) is 0 Å². The number of urea groups is 1. The van der Waals surface area contributed by atoms with Gasteiger partial charge in [-0.1, -0.05) is 5.16 Å². The molecule has 1 aromatic heterocycles. The van der Waals surface area contributed by atoms with Crippen molar-refractivity contribution in [2.75, 3.05) is 40.8 Å².